The van der Waals surface area contributed by atoms with E-state index in [1.165, 1.54) is 11.6 Å². The zero-order chi connectivity index (χ0) is 22.3. The van der Waals surface area contributed by atoms with Gasteiger partial charge in [0.2, 0.25) is 5.95 Å². The summed E-state index contributed by atoms with van der Waals surface area (Å²) in [5.74, 6) is 0.686. The number of nitrogens with zero attached hydrogens (tertiary/aromatic N) is 6. The standard InChI is InChI=1S/C20H24BrN7O2S/c1-22-19(31)27-10-8-26(9-11-27)18-23-16-15(17(29)25(3)20(30)24(16)2)28(18)12-13-4-6-14(21)7-5-13/h4-7H,8-12H2,1-3H3,(H,22,31). The second-order valence-corrected chi connectivity index (χ2v) is 8.83. The molecule has 4 rings (SSSR count). The van der Waals surface area contributed by atoms with E-state index >= 15 is 0 Å². The molecule has 1 fully saturated rings. The third-order valence-electron chi connectivity index (χ3n) is 5.65. The van der Waals surface area contributed by atoms with Gasteiger partial charge < -0.3 is 15.1 Å². The van der Waals surface area contributed by atoms with E-state index < -0.39 is 0 Å². The molecule has 0 bridgehead atoms. The molecule has 0 amide bonds. The molecular formula is C20H24BrN7O2S. The fraction of sp³-hybridized carbons (Fsp3) is 0.400. The number of nitrogens with one attached hydrogen (secondary N) is 1. The fourth-order valence-corrected chi connectivity index (χ4v) is 4.31. The third kappa shape index (κ3) is 3.87. The Morgan fingerprint density at radius 3 is 2.35 bits per heavy atom. The lowest BCUT2D eigenvalue weighted by atomic mass is 10.2. The van der Waals surface area contributed by atoms with Crippen molar-refractivity contribution >= 4 is 50.4 Å². The fourth-order valence-electron chi connectivity index (χ4n) is 3.87. The highest BCUT2D eigenvalue weighted by molar-refractivity contribution is 9.10. The molecule has 0 saturated carbocycles. The summed E-state index contributed by atoms with van der Waals surface area (Å²) >= 11 is 8.82. The van der Waals surface area contributed by atoms with Crippen molar-refractivity contribution in [2.75, 3.05) is 38.1 Å². The van der Waals surface area contributed by atoms with E-state index in [-0.39, 0.29) is 11.2 Å². The first kappa shape index (κ1) is 21.6. The second-order valence-electron chi connectivity index (χ2n) is 7.53. The summed E-state index contributed by atoms with van der Waals surface area (Å²) in [5.41, 5.74) is 1.13. The number of imidazole rings is 1. The number of benzene rings is 1. The molecule has 0 unspecified atom stereocenters. The van der Waals surface area contributed by atoms with Gasteiger partial charge >= 0.3 is 5.69 Å². The van der Waals surface area contributed by atoms with Gasteiger partial charge in [-0.05, 0) is 29.9 Å². The van der Waals surface area contributed by atoms with E-state index in [2.05, 4.69) is 31.0 Å². The minimum Gasteiger partial charge on any atom is -0.366 e. The molecule has 1 aliphatic rings. The Hall–Kier alpha value is -2.66. The van der Waals surface area contributed by atoms with Crippen LogP contribution in [0.5, 0.6) is 0 Å². The highest BCUT2D eigenvalue weighted by Gasteiger charge is 2.26. The van der Waals surface area contributed by atoms with E-state index in [1.807, 2.05) is 35.9 Å². The van der Waals surface area contributed by atoms with Crippen LogP contribution >= 0.6 is 28.1 Å². The quantitative estimate of drug-likeness (QED) is 0.529. The lowest BCUT2D eigenvalue weighted by Crippen LogP contribution is -2.51. The van der Waals surface area contributed by atoms with Gasteiger partial charge in [0.15, 0.2) is 16.3 Å². The highest BCUT2D eigenvalue weighted by Crippen LogP contribution is 2.23. The van der Waals surface area contributed by atoms with Crippen molar-refractivity contribution in [2.24, 2.45) is 14.1 Å². The largest absolute Gasteiger partial charge is 0.366 e. The number of piperazine rings is 1. The molecule has 0 radical (unpaired) electrons. The van der Waals surface area contributed by atoms with Gasteiger partial charge in [-0.3, -0.25) is 18.5 Å². The van der Waals surface area contributed by atoms with Gasteiger partial charge in [0, 0.05) is 51.8 Å². The Balaban J connectivity index is 1.82. The third-order valence-corrected chi connectivity index (χ3v) is 6.64. The van der Waals surface area contributed by atoms with Crippen LogP contribution in [0.4, 0.5) is 5.95 Å². The zero-order valence-corrected chi connectivity index (χ0v) is 20.0. The van der Waals surface area contributed by atoms with Crippen LogP contribution < -0.4 is 21.5 Å². The molecule has 3 aromatic rings. The topological polar surface area (TPSA) is 80.3 Å². The number of thiocarbonyl (C=S) groups is 1. The number of hydrogen-bond donors (Lipinski definition) is 1. The van der Waals surface area contributed by atoms with Gasteiger partial charge in [0.05, 0.1) is 6.54 Å². The van der Waals surface area contributed by atoms with Crippen LogP contribution in [-0.2, 0) is 20.6 Å². The number of hydrogen-bond acceptors (Lipinski definition) is 5. The van der Waals surface area contributed by atoms with Crippen LogP contribution in [-0.4, -0.2) is 61.9 Å². The Bertz CT molecular complexity index is 1250. The van der Waals surface area contributed by atoms with E-state index in [0.717, 1.165) is 32.8 Å². The van der Waals surface area contributed by atoms with Gasteiger partial charge in [-0.2, -0.15) is 4.98 Å². The van der Waals surface area contributed by atoms with Crippen molar-refractivity contribution in [3.05, 3.63) is 55.1 Å². The van der Waals surface area contributed by atoms with Gasteiger partial charge in [-0.25, -0.2) is 4.79 Å². The molecule has 1 N–H and O–H groups in total. The average Bonchev–Trinajstić information content (AvgIpc) is 3.16. The number of rotatable bonds is 3. The summed E-state index contributed by atoms with van der Waals surface area (Å²) in [6.07, 6.45) is 0. The molecule has 2 aromatic heterocycles. The van der Waals surface area contributed by atoms with Crippen molar-refractivity contribution in [3.63, 3.8) is 0 Å². The first-order valence-electron chi connectivity index (χ1n) is 9.94. The Kier molecular flexibility index (Phi) is 5.89. The summed E-state index contributed by atoms with van der Waals surface area (Å²) in [7, 11) is 4.97. The van der Waals surface area contributed by atoms with Gasteiger partial charge in [-0.15, -0.1) is 0 Å². The van der Waals surface area contributed by atoms with Gasteiger partial charge in [0.25, 0.3) is 5.56 Å². The van der Waals surface area contributed by atoms with E-state index in [4.69, 9.17) is 17.2 Å². The number of aromatic nitrogens is 4. The maximum Gasteiger partial charge on any atom is 0.332 e. The normalized spacial score (nSPS) is 14.3. The molecule has 0 atom stereocenters. The van der Waals surface area contributed by atoms with E-state index in [0.29, 0.717) is 36.7 Å². The Labute approximate surface area is 193 Å². The molecule has 11 heteroatoms. The average molecular weight is 506 g/mol. The minimum atomic E-state index is -0.387. The smallest absolute Gasteiger partial charge is 0.332 e. The highest BCUT2D eigenvalue weighted by atomic mass is 79.9. The number of aryl methyl sites for hydroxylation is 1. The predicted molar refractivity (Wildman–Crippen MR) is 129 cm³/mol. The van der Waals surface area contributed by atoms with Crippen LogP contribution in [0.2, 0.25) is 0 Å². The van der Waals surface area contributed by atoms with Crippen LogP contribution in [0.25, 0.3) is 11.2 Å². The molecule has 0 spiro atoms. The Morgan fingerprint density at radius 1 is 1.10 bits per heavy atom. The molecule has 1 aliphatic heterocycles. The summed E-state index contributed by atoms with van der Waals surface area (Å²) in [6, 6.07) is 7.96. The monoisotopic (exact) mass is 505 g/mol. The van der Waals surface area contributed by atoms with Crippen molar-refractivity contribution < 1.29 is 0 Å². The molecule has 1 aromatic carbocycles. The number of fused-ring (bicyclic) bond motifs is 1. The first-order chi connectivity index (χ1) is 14.8. The predicted octanol–water partition coefficient (Wildman–Crippen LogP) is 0.871. The van der Waals surface area contributed by atoms with Crippen LogP contribution in [0.1, 0.15) is 5.56 Å². The first-order valence-corrected chi connectivity index (χ1v) is 11.1. The number of halogens is 1. The molecule has 31 heavy (non-hydrogen) atoms. The van der Waals surface area contributed by atoms with E-state index in [1.54, 1.807) is 7.05 Å². The number of anilines is 1. The lowest BCUT2D eigenvalue weighted by Gasteiger charge is -2.36. The second kappa shape index (κ2) is 8.46. The summed E-state index contributed by atoms with van der Waals surface area (Å²) in [5, 5.41) is 3.74. The zero-order valence-electron chi connectivity index (χ0n) is 17.6. The molecule has 164 valence electrons. The maximum atomic E-state index is 13.1. The van der Waals surface area contributed by atoms with Crippen molar-refractivity contribution in [1.29, 1.82) is 0 Å². The lowest BCUT2D eigenvalue weighted by molar-refractivity contribution is 0.378. The maximum absolute atomic E-state index is 13.1. The molecule has 3 heterocycles. The van der Waals surface area contributed by atoms with Crippen molar-refractivity contribution in [1.82, 2.24) is 28.9 Å². The van der Waals surface area contributed by atoms with Crippen molar-refractivity contribution in [3.8, 4) is 0 Å². The summed E-state index contributed by atoms with van der Waals surface area (Å²) in [4.78, 5) is 34.6. The minimum absolute atomic E-state index is 0.344. The Morgan fingerprint density at radius 2 is 1.74 bits per heavy atom. The molecule has 0 aliphatic carbocycles. The van der Waals surface area contributed by atoms with Gasteiger partial charge in [0.1, 0.15) is 0 Å². The van der Waals surface area contributed by atoms with Crippen LogP contribution in [0.3, 0.4) is 0 Å². The molecule has 1 saturated heterocycles. The SMILES string of the molecule is CNC(=S)N1CCN(c2nc3c(c(=O)n(C)c(=O)n3C)n2Cc2ccc(Br)cc2)CC1. The van der Waals surface area contributed by atoms with Crippen molar-refractivity contribution in [2.45, 2.75) is 6.54 Å². The van der Waals surface area contributed by atoms with Crippen LogP contribution in [0, 0.1) is 0 Å². The molecule has 9 nitrogen and oxygen atoms in total. The summed E-state index contributed by atoms with van der Waals surface area (Å²) in [6.45, 7) is 3.39. The van der Waals surface area contributed by atoms with E-state index in [9.17, 15) is 9.59 Å². The molecular weight excluding hydrogens is 482 g/mol. The summed E-state index contributed by atoms with van der Waals surface area (Å²) < 4.78 is 5.48. The van der Waals surface area contributed by atoms with Crippen LogP contribution in [0.15, 0.2) is 38.3 Å². The van der Waals surface area contributed by atoms with Gasteiger partial charge in [-0.1, -0.05) is 28.1 Å².